The number of hydrogen-bond donors (Lipinski definition) is 0. The average molecular weight is 214 g/mol. The first-order valence-electron chi connectivity index (χ1n) is 5.50. The average Bonchev–Trinajstić information content (AvgIpc) is 2.30. The molecule has 0 heterocycles. The van der Waals surface area contributed by atoms with Gasteiger partial charge in [0.1, 0.15) is 6.10 Å². The minimum atomic E-state index is -1.09. The van der Waals surface area contributed by atoms with Crippen molar-refractivity contribution in [3.05, 3.63) is 0 Å². The Morgan fingerprint density at radius 1 is 1.36 bits per heavy atom. The van der Waals surface area contributed by atoms with Gasteiger partial charge in [-0.2, -0.15) is 0 Å². The molecule has 1 rings (SSSR count). The van der Waals surface area contributed by atoms with Crippen molar-refractivity contribution < 1.29 is 9.22 Å². The summed E-state index contributed by atoms with van der Waals surface area (Å²) in [5, 5.41) is 0. The lowest BCUT2D eigenvalue weighted by molar-refractivity contribution is -0.125. The Morgan fingerprint density at radius 2 is 1.93 bits per heavy atom. The lowest BCUT2D eigenvalue weighted by Crippen LogP contribution is -2.36. The number of carbonyl (C=O) groups is 1. The molecule has 82 valence electrons. The summed E-state index contributed by atoms with van der Waals surface area (Å²) in [6, 6.07) is 0. The molecule has 1 aliphatic carbocycles. The quantitative estimate of drug-likeness (QED) is 0.660. The molecule has 2 nitrogen and oxygen atoms in total. The molecule has 0 bridgehead atoms. The van der Waals surface area contributed by atoms with Crippen molar-refractivity contribution >= 4 is 14.8 Å². The fourth-order valence-electron chi connectivity index (χ4n) is 2.17. The van der Waals surface area contributed by atoms with Crippen molar-refractivity contribution in [3.8, 4) is 0 Å². The molecule has 3 heteroatoms. The standard InChI is InChI=1S/C11H22O2Si/c1-11(2,3)8-6-7-9(12)10(8)13-14(4)5/h8,10,14H,6-7H2,1-5H3. The van der Waals surface area contributed by atoms with E-state index in [-0.39, 0.29) is 11.5 Å². The summed E-state index contributed by atoms with van der Waals surface area (Å²) in [4.78, 5) is 11.7. The highest BCUT2D eigenvalue weighted by Gasteiger charge is 2.42. The van der Waals surface area contributed by atoms with Gasteiger partial charge in [-0.25, -0.2) is 0 Å². The molecule has 0 aliphatic heterocycles. The molecule has 2 atom stereocenters. The number of ketones is 1. The summed E-state index contributed by atoms with van der Waals surface area (Å²) in [6.45, 7) is 10.9. The van der Waals surface area contributed by atoms with Gasteiger partial charge in [0.15, 0.2) is 14.8 Å². The molecule has 14 heavy (non-hydrogen) atoms. The summed E-state index contributed by atoms with van der Waals surface area (Å²) in [7, 11) is -1.09. The van der Waals surface area contributed by atoms with Gasteiger partial charge in [-0.1, -0.05) is 20.8 Å². The number of hydrogen-bond acceptors (Lipinski definition) is 2. The topological polar surface area (TPSA) is 26.3 Å². The summed E-state index contributed by atoms with van der Waals surface area (Å²) in [5.74, 6) is 0.746. The van der Waals surface area contributed by atoms with Crippen molar-refractivity contribution in [1.82, 2.24) is 0 Å². The Hall–Kier alpha value is -0.153. The molecule has 0 N–H and O–H groups in total. The molecule has 0 aromatic carbocycles. The van der Waals surface area contributed by atoms with Crippen LogP contribution < -0.4 is 0 Å². The SMILES string of the molecule is C[SiH](C)OC1C(=O)CCC1C(C)(C)C. The van der Waals surface area contributed by atoms with Crippen molar-refractivity contribution in [2.45, 2.75) is 52.8 Å². The largest absolute Gasteiger partial charge is 0.410 e. The lowest BCUT2D eigenvalue weighted by Gasteiger charge is -2.32. The molecule has 0 spiro atoms. The van der Waals surface area contributed by atoms with Crippen LogP contribution in [0.2, 0.25) is 13.1 Å². The molecule has 1 aliphatic rings. The van der Waals surface area contributed by atoms with Crippen molar-refractivity contribution in [1.29, 1.82) is 0 Å². The molecule has 0 aromatic heterocycles. The summed E-state index contributed by atoms with van der Waals surface area (Å²) < 4.78 is 5.85. The predicted molar refractivity (Wildman–Crippen MR) is 60.9 cm³/mol. The highest BCUT2D eigenvalue weighted by atomic mass is 28.3. The van der Waals surface area contributed by atoms with E-state index in [1.165, 1.54) is 0 Å². The third-order valence-corrected chi connectivity index (χ3v) is 3.75. The van der Waals surface area contributed by atoms with Crippen LogP contribution in [-0.2, 0) is 9.22 Å². The van der Waals surface area contributed by atoms with Gasteiger partial charge < -0.3 is 4.43 Å². The third kappa shape index (κ3) is 2.67. The Labute approximate surface area is 88.8 Å². The fourth-order valence-corrected chi connectivity index (χ4v) is 3.09. The predicted octanol–water partition coefficient (Wildman–Crippen LogP) is 2.38. The van der Waals surface area contributed by atoms with E-state index in [2.05, 4.69) is 33.9 Å². The van der Waals surface area contributed by atoms with Gasteiger partial charge in [0, 0.05) is 6.42 Å². The van der Waals surface area contributed by atoms with Crippen LogP contribution in [0.5, 0.6) is 0 Å². The summed E-state index contributed by atoms with van der Waals surface area (Å²) in [5.41, 5.74) is 0.195. The first-order valence-corrected chi connectivity index (χ1v) is 8.28. The van der Waals surface area contributed by atoms with Gasteiger partial charge in [-0.3, -0.25) is 4.79 Å². The minimum absolute atomic E-state index is 0.0957. The van der Waals surface area contributed by atoms with Crippen LogP contribution in [0, 0.1) is 11.3 Å². The molecule has 0 aromatic rings. The molecule has 1 fully saturated rings. The second-order valence-electron chi connectivity index (χ2n) is 5.58. The molecule has 0 radical (unpaired) electrons. The Morgan fingerprint density at radius 3 is 2.36 bits per heavy atom. The maximum atomic E-state index is 11.7. The van der Waals surface area contributed by atoms with E-state index in [1.807, 2.05) is 0 Å². The van der Waals surface area contributed by atoms with Crippen LogP contribution in [0.25, 0.3) is 0 Å². The smallest absolute Gasteiger partial charge is 0.171 e. The molecule has 2 unspecified atom stereocenters. The first kappa shape index (κ1) is 11.9. The van der Waals surface area contributed by atoms with Gasteiger partial charge in [-0.15, -0.1) is 0 Å². The number of carbonyl (C=O) groups excluding carboxylic acids is 1. The van der Waals surface area contributed by atoms with E-state index in [0.717, 1.165) is 6.42 Å². The highest BCUT2D eigenvalue weighted by Crippen LogP contribution is 2.39. The monoisotopic (exact) mass is 214 g/mol. The Balaban J connectivity index is 2.72. The maximum Gasteiger partial charge on any atom is 0.171 e. The number of rotatable bonds is 2. The fraction of sp³-hybridized carbons (Fsp3) is 0.909. The third-order valence-electron chi connectivity index (χ3n) is 2.92. The second kappa shape index (κ2) is 4.15. The van der Waals surface area contributed by atoms with Gasteiger partial charge in [-0.05, 0) is 30.8 Å². The van der Waals surface area contributed by atoms with Crippen LogP contribution >= 0.6 is 0 Å². The van der Waals surface area contributed by atoms with Gasteiger partial charge >= 0.3 is 0 Å². The Bertz CT molecular complexity index is 218. The minimum Gasteiger partial charge on any atom is -0.410 e. The number of Topliss-reactive ketones (excluding diaryl/α,β-unsaturated/α-hetero) is 1. The van der Waals surface area contributed by atoms with Crippen molar-refractivity contribution in [2.75, 3.05) is 0 Å². The van der Waals surface area contributed by atoms with Gasteiger partial charge in [0.25, 0.3) is 0 Å². The van der Waals surface area contributed by atoms with E-state index in [0.29, 0.717) is 18.1 Å². The second-order valence-corrected chi connectivity index (χ2v) is 7.95. The van der Waals surface area contributed by atoms with Crippen molar-refractivity contribution in [2.24, 2.45) is 11.3 Å². The van der Waals surface area contributed by atoms with E-state index < -0.39 is 9.04 Å². The van der Waals surface area contributed by atoms with E-state index in [4.69, 9.17) is 4.43 Å². The Kier molecular flexibility index (Phi) is 3.53. The van der Waals surface area contributed by atoms with Crippen LogP contribution in [0.1, 0.15) is 33.6 Å². The van der Waals surface area contributed by atoms with E-state index >= 15 is 0 Å². The van der Waals surface area contributed by atoms with Crippen LogP contribution in [0.4, 0.5) is 0 Å². The van der Waals surface area contributed by atoms with Crippen LogP contribution in [0.15, 0.2) is 0 Å². The van der Waals surface area contributed by atoms with E-state index in [1.54, 1.807) is 0 Å². The van der Waals surface area contributed by atoms with Gasteiger partial charge in [0.05, 0.1) is 0 Å². The van der Waals surface area contributed by atoms with Gasteiger partial charge in [0.2, 0.25) is 0 Å². The van der Waals surface area contributed by atoms with Crippen molar-refractivity contribution in [3.63, 3.8) is 0 Å². The zero-order valence-corrected chi connectivity index (χ0v) is 11.1. The van der Waals surface area contributed by atoms with Crippen LogP contribution in [0.3, 0.4) is 0 Å². The molecular formula is C11H22O2Si. The molecule has 0 saturated heterocycles. The van der Waals surface area contributed by atoms with E-state index in [9.17, 15) is 4.79 Å². The maximum absolute atomic E-state index is 11.7. The first-order chi connectivity index (χ1) is 6.32. The molecule has 0 amide bonds. The zero-order valence-electron chi connectivity index (χ0n) is 9.96. The normalized spacial score (nSPS) is 28.9. The highest BCUT2D eigenvalue weighted by molar-refractivity contribution is 6.48. The summed E-state index contributed by atoms with van der Waals surface area (Å²) in [6.07, 6.45) is 1.63. The van der Waals surface area contributed by atoms with Crippen LogP contribution in [-0.4, -0.2) is 20.9 Å². The summed E-state index contributed by atoms with van der Waals surface area (Å²) >= 11 is 0. The molecular weight excluding hydrogens is 192 g/mol. The molecule has 1 saturated carbocycles. The zero-order chi connectivity index (χ0) is 10.9. The lowest BCUT2D eigenvalue weighted by atomic mass is 9.78.